The molecule has 0 saturated carbocycles. The molecule has 3 heterocycles. The van der Waals surface area contributed by atoms with Gasteiger partial charge in [-0.05, 0) is 24.8 Å². The van der Waals surface area contributed by atoms with Crippen molar-refractivity contribution >= 4 is 23.3 Å². The van der Waals surface area contributed by atoms with Gasteiger partial charge in [-0.15, -0.1) is 11.3 Å². The monoisotopic (exact) mass is 374 g/mol. The summed E-state index contributed by atoms with van der Waals surface area (Å²) in [6.45, 7) is 4.56. The molecular formula is C19H26N4O2S. The molecule has 3 rings (SSSR count). The molecule has 6 nitrogen and oxygen atoms in total. The van der Waals surface area contributed by atoms with Crippen LogP contribution in [0.25, 0.3) is 0 Å². The average molecular weight is 375 g/mol. The Bertz CT molecular complexity index is 751. The largest absolute Gasteiger partial charge is 0.462 e. The van der Waals surface area contributed by atoms with E-state index in [0.29, 0.717) is 18.1 Å². The maximum Gasteiger partial charge on any atom is 0.338 e. The van der Waals surface area contributed by atoms with Gasteiger partial charge in [0.25, 0.3) is 0 Å². The zero-order chi connectivity index (χ0) is 18.4. The Labute approximate surface area is 158 Å². The highest BCUT2D eigenvalue weighted by molar-refractivity contribution is 7.10. The number of hydrogen-bond acceptors (Lipinski definition) is 6. The molecule has 0 fully saturated rings. The van der Waals surface area contributed by atoms with Crippen LogP contribution in [0.1, 0.15) is 63.3 Å². The van der Waals surface area contributed by atoms with Crippen molar-refractivity contribution in [2.24, 2.45) is 0 Å². The standard InChI is InChI=1S/C19H26N4O2S/c1-3-4-5-6-7-8-11-25-18(24)16-14(2)22-19-20-13-21-23(19)17(16)15-10-9-12-26-15/h9-10,12-13,17H,3-8,11H2,1-2H3,(H,20,21,22)/t17-/m0/s1. The predicted octanol–water partition coefficient (Wildman–Crippen LogP) is 4.53. The number of anilines is 1. The first-order valence-electron chi connectivity index (χ1n) is 9.30. The summed E-state index contributed by atoms with van der Waals surface area (Å²) < 4.78 is 7.33. The highest BCUT2D eigenvalue weighted by Crippen LogP contribution is 2.37. The van der Waals surface area contributed by atoms with Gasteiger partial charge in [0.05, 0.1) is 12.2 Å². The van der Waals surface area contributed by atoms with Crippen LogP contribution in [0.15, 0.2) is 35.1 Å². The van der Waals surface area contributed by atoms with Gasteiger partial charge in [0.2, 0.25) is 5.95 Å². The number of allylic oxidation sites excluding steroid dienone is 1. The maximum absolute atomic E-state index is 12.8. The van der Waals surface area contributed by atoms with Crippen molar-refractivity contribution in [3.63, 3.8) is 0 Å². The Morgan fingerprint density at radius 2 is 2.12 bits per heavy atom. The molecule has 0 spiro atoms. The minimum absolute atomic E-state index is 0.275. The summed E-state index contributed by atoms with van der Waals surface area (Å²) >= 11 is 1.60. The van der Waals surface area contributed by atoms with E-state index in [1.54, 1.807) is 16.0 Å². The molecule has 0 unspecified atom stereocenters. The molecule has 2 aromatic heterocycles. The van der Waals surface area contributed by atoms with Crippen molar-refractivity contribution in [1.29, 1.82) is 0 Å². The lowest BCUT2D eigenvalue weighted by Gasteiger charge is -2.27. The molecule has 7 heteroatoms. The van der Waals surface area contributed by atoms with Crippen LogP contribution < -0.4 is 5.32 Å². The summed E-state index contributed by atoms with van der Waals surface area (Å²) in [6, 6.07) is 3.71. The molecule has 1 N–H and O–H groups in total. The van der Waals surface area contributed by atoms with Crippen molar-refractivity contribution in [2.45, 2.75) is 58.4 Å². The fourth-order valence-corrected chi connectivity index (χ4v) is 4.01. The summed E-state index contributed by atoms with van der Waals surface area (Å²) in [5.41, 5.74) is 1.38. The van der Waals surface area contributed by atoms with E-state index in [0.717, 1.165) is 23.4 Å². The normalized spacial score (nSPS) is 16.3. The Balaban J connectivity index is 1.66. The van der Waals surface area contributed by atoms with E-state index < -0.39 is 0 Å². The molecule has 0 aliphatic carbocycles. The Hall–Kier alpha value is -2.15. The number of ether oxygens (including phenoxy) is 1. The number of thiophene rings is 1. The second kappa shape index (κ2) is 8.98. The van der Waals surface area contributed by atoms with Crippen molar-refractivity contribution in [1.82, 2.24) is 14.8 Å². The van der Waals surface area contributed by atoms with Crippen LogP contribution in [0.2, 0.25) is 0 Å². The van der Waals surface area contributed by atoms with Gasteiger partial charge in [0.1, 0.15) is 12.4 Å². The second-order valence-electron chi connectivity index (χ2n) is 6.51. The molecule has 0 radical (unpaired) electrons. The van der Waals surface area contributed by atoms with Crippen LogP contribution in [-0.2, 0) is 9.53 Å². The van der Waals surface area contributed by atoms with Crippen molar-refractivity contribution in [3.05, 3.63) is 40.0 Å². The second-order valence-corrected chi connectivity index (χ2v) is 7.49. The fraction of sp³-hybridized carbons (Fsp3) is 0.526. The van der Waals surface area contributed by atoms with Gasteiger partial charge in [-0.2, -0.15) is 10.1 Å². The van der Waals surface area contributed by atoms with E-state index in [1.165, 1.54) is 32.0 Å². The SMILES string of the molecule is CCCCCCCCOC(=O)C1=C(C)Nc2ncnn2[C@H]1c1cccs1. The quantitative estimate of drug-likeness (QED) is 0.516. The molecule has 1 aliphatic heterocycles. The minimum atomic E-state index is -0.286. The Morgan fingerprint density at radius 3 is 2.88 bits per heavy atom. The van der Waals surface area contributed by atoms with Gasteiger partial charge < -0.3 is 10.1 Å². The third-order valence-corrected chi connectivity index (χ3v) is 5.48. The highest BCUT2D eigenvalue weighted by atomic mass is 32.1. The number of rotatable bonds is 9. The molecule has 0 aromatic carbocycles. The van der Waals surface area contributed by atoms with Crippen molar-refractivity contribution < 1.29 is 9.53 Å². The average Bonchev–Trinajstić information content (AvgIpc) is 3.31. The van der Waals surface area contributed by atoms with Gasteiger partial charge in [-0.25, -0.2) is 9.48 Å². The predicted molar refractivity (Wildman–Crippen MR) is 103 cm³/mol. The number of hydrogen-bond donors (Lipinski definition) is 1. The lowest BCUT2D eigenvalue weighted by molar-refractivity contribution is -0.139. The van der Waals surface area contributed by atoms with Gasteiger partial charge in [-0.3, -0.25) is 0 Å². The van der Waals surface area contributed by atoms with Crippen LogP contribution in [0.4, 0.5) is 5.95 Å². The van der Waals surface area contributed by atoms with E-state index >= 15 is 0 Å². The summed E-state index contributed by atoms with van der Waals surface area (Å²) in [5, 5.41) is 9.47. The summed E-state index contributed by atoms with van der Waals surface area (Å²) in [5.74, 6) is 0.372. The minimum Gasteiger partial charge on any atom is -0.462 e. The molecular weight excluding hydrogens is 348 g/mol. The summed E-state index contributed by atoms with van der Waals surface area (Å²) in [6.07, 6.45) is 8.49. The van der Waals surface area contributed by atoms with E-state index in [4.69, 9.17) is 4.74 Å². The highest BCUT2D eigenvalue weighted by Gasteiger charge is 2.34. The lowest BCUT2D eigenvalue weighted by atomic mass is 10.0. The number of fused-ring (bicyclic) bond motifs is 1. The first kappa shape index (κ1) is 18.6. The van der Waals surface area contributed by atoms with Crippen molar-refractivity contribution in [3.8, 4) is 0 Å². The Kier molecular flexibility index (Phi) is 6.44. The fourth-order valence-electron chi connectivity index (χ4n) is 3.19. The van der Waals surface area contributed by atoms with Crippen LogP contribution in [0, 0.1) is 0 Å². The number of nitrogens with zero attached hydrogens (tertiary/aromatic N) is 3. The topological polar surface area (TPSA) is 69.0 Å². The van der Waals surface area contributed by atoms with Crippen LogP contribution in [0.3, 0.4) is 0 Å². The van der Waals surface area contributed by atoms with Crippen LogP contribution >= 0.6 is 11.3 Å². The molecule has 0 bridgehead atoms. The number of nitrogens with one attached hydrogen (secondary N) is 1. The molecule has 0 amide bonds. The third kappa shape index (κ3) is 4.15. The van der Waals surface area contributed by atoms with Gasteiger partial charge in [-0.1, -0.05) is 45.1 Å². The van der Waals surface area contributed by atoms with Gasteiger partial charge in [0, 0.05) is 10.6 Å². The van der Waals surface area contributed by atoms with Crippen LogP contribution in [-0.4, -0.2) is 27.3 Å². The van der Waals surface area contributed by atoms with Crippen molar-refractivity contribution in [2.75, 3.05) is 11.9 Å². The number of carbonyl (C=O) groups excluding carboxylic acids is 1. The van der Waals surface area contributed by atoms with E-state index in [2.05, 4.69) is 22.3 Å². The van der Waals surface area contributed by atoms with E-state index in [1.807, 2.05) is 24.4 Å². The van der Waals surface area contributed by atoms with Crippen LogP contribution in [0.5, 0.6) is 0 Å². The first-order chi connectivity index (χ1) is 12.7. The Morgan fingerprint density at radius 1 is 1.31 bits per heavy atom. The molecule has 1 atom stereocenters. The zero-order valence-electron chi connectivity index (χ0n) is 15.4. The summed E-state index contributed by atoms with van der Waals surface area (Å²) in [7, 11) is 0. The molecule has 1 aliphatic rings. The van der Waals surface area contributed by atoms with Gasteiger partial charge in [0.15, 0.2) is 0 Å². The summed E-state index contributed by atoms with van der Waals surface area (Å²) in [4.78, 5) is 18.1. The number of esters is 1. The molecule has 26 heavy (non-hydrogen) atoms. The zero-order valence-corrected chi connectivity index (χ0v) is 16.2. The smallest absolute Gasteiger partial charge is 0.338 e. The number of aromatic nitrogens is 3. The third-order valence-electron chi connectivity index (χ3n) is 4.56. The van der Waals surface area contributed by atoms with Gasteiger partial charge >= 0.3 is 5.97 Å². The number of carbonyl (C=O) groups is 1. The lowest BCUT2D eigenvalue weighted by Crippen LogP contribution is -2.29. The molecule has 140 valence electrons. The molecule has 0 saturated heterocycles. The molecule has 2 aromatic rings. The van der Waals surface area contributed by atoms with E-state index in [-0.39, 0.29) is 12.0 Å². The first-order valence-corrected chi connectivity index (χ1v) is 10.2. The van der Waals surface area contributed by atoms with E-state index in [9.17, 15) is 4.79 Å². The number of unbranched alkanes of at least 4 members (excludes halogenated alkanes) is 5. The maximum atomic E-state index is 12.8.